The van der Waals surface area contributed by atoms with Gasteiger partial charge in [0, 0.05) is 18.6 Å². The average Bonchev–Trinajstić information content (AvgIpc) is 2.28. The van der Waals surface area contributed by atoms with Crippen molar-refractivity contribution in [2.75, 3.05) is 0 Å². The molecule has 1 fully saturated rings. The molecule has 0 aliphatic heterocycles. The van der Waals surface area contributed by atoms with Crippen LogP contribution in [-0.4, -0.2) is 17.3 Å². The lowest BCUT2D eigenvalue weighted by Crippen LogP contribution is -2.36. The third-order valence-corrected chi connectivity index (χ3v) is 3.24. The quantitative estimate of drug-likeness (QED) is 0.625. The van der Waals surface area contributed by atoms with Gasteiger partial charge in [-0.25, -0.2) is 0 Å². The summed E-state index contributed by atoms with van der Waals surface area (Å²) < 4.78 is 0. The van der Waals surface area contributed by atoms with Crippen molar-refractivity contribution in [3.05, 3.63) is 35.9 Å². The zero-order valence-electron chi connectivity index (χ0n) is 9.77. The van der Waals surface area contributed by atoms with Crippen molar-refractivity contribution in [1.29, 1.82) is 5.41 Å². The fourth-order valence-electron chi connectivity index (χ4n) is 2.42. The Kier molecular flexibility index (Phi) is 3.18. The molecule has 2 rings (SSSR count). The number of nitrogens with one attached hydrogen (secondary N) is 1. The molecule has 0 heterocycles. The van der Waals surface area contributed by atoms with Crippen LogP contribution in [0, 0.1) is 11.3 Å². The number of hydrogen-bond donors (Lipinski definition) is 1. The van der Waals surface area contributed by atoms with Gasteiger partial charge in [-0.2, -0.15) is 0 Å². The summed E-state index contributed by atoms with van der Waals surface area (Å²) in [7, 11) is 0. The van der Waals surface area contributed by atoms with Crippen LogP contribution in [0.2, 0.25) is 0 Å². The van der Waals surface area contributed by atoms with E-state index in [1.807, 2.05) is 30.3 Å². The van der Waals surface area contributed by atoms with Crippen LogP contribution in [0.1, 0.15) is 31.2 Å². The zero-order valence-corrected chi connectivity index (χ0v) is 9.77. The highest BCUT2D eigenvalue weighted by Gasteiger charge is 2.36. The first-order valence-electron chi connectivity index (χ1n) is 5.75. The lowest BCUT2D eigenvalue weighted by atomic mass is 9.75. The molecule has 3 nitrogen and oxygen atoms in total. The monoisotopic (exact) mass is 229 g/mol. The van der Waals surface area contributed by atoms with E-state index in [-0.39, 0.29) is 23.2 Å². The third kappa shape index (κ3) is 2.33. The summed E-state index contributed by atoms with van der Waals surface area (Å²) in [4.78, 5) is 23.7. The van der Waals surface area contributed by atoms with E-state index in [1.54, 1.807) is 0 Å². The first-order chi connectivity index (χ1) is 8.09. The topological polar surface area (TPSA) is 58.0 Å². The normalized spacial score (nSPS) is 24.8. The van der Waals surface area contributed by atoms with E-state index in [9.17, 15) is 9.59 Å². The number of carbonyl (C=O) groups excluding carboxylic acids is 2. The largest absolute Gasteiger partial charge is 0.309 e. The minimum atomic E-state index is -0.782. The molecule has 3 heteroatoms. The Morgan fingerprint density at radius 2 is 1.65 bits per heavy atom. The summed E-state index contributed by atoms with van der Waals surface area (Å²) in [5.74, 6) is -1.01. The predicted octanol–water partition coefficient (Wildman–Crippen LogP) is 2.36. The molecular weight excluding hydrogens is 214 g/mol. The predicted molar refractivity (Wildman–Crippen MR) is 65.3 cm³/mol. The van der Waals surface area contributed by atoms with Gasteiger partial charge in [0.1, 0.15) is 17.5 Å². The maximum absolute atomic E-state index is 11.9. The van der Waals surface area contributed by atoms with Gasteiger partial charge in [0.05, 0.1) is 0 Å². The molecule has 0 unspecified atom stereocenters. The van der Waals surface area contributed by atoms with Crippen LogP contribution in [0.3, 0.4) is 0 Å². The molecule has 1 aliphatic rings. The second-order valence-electron chi connectivity index (χ2n) is 4.56. The Hall–Kier alpha value is -1.77. The number of benzene rings is 1. The van der Waals surface area contributed by atoms with Crippen molar-refractivity contribution in [3.63, 3.8) is 0 Å². The van der Waals surface area contributed by atoms with Crippen molar-refractivity contribution in [2.45, 2.75) is 25.7 Å². The first-order valence-corrected chi connectivity index (χ1v) is 5.75. The molecule has 0 radical (unpaired) electrons. The molecular formula is C14H15NO2. The standard InChI is InChI=1S/C14H15NO2/c1-9(15)14-12(16)7-11(8-13(14)17)10-5-3-2-4-6-10/h2-6,11,14-15H,7-8H2,1H3. The van der Waals surface area contributed by atoms with Crippen LogP contribution in [0.15, 0.2) is 30.3 Å². The SMILES string of the molecule is CC(=N)C1C(=O)CC(c2ccccc2)CC1=O. The maximum Gasteiger partial charge on any atom is 0.149 e. The summed E-state index contributed by atoms with van der Waals surface area (Å²) in [6.07, 6.45) is 0.743. The lowest BCUT2D eigenvalue weighted by Gasteiger charge is -2.26. The van der Waals surface area contributed by atoms with Gasteiger partial charge in [-0.15, -0.1) is 0 Å². The first kappa shape index (κ1) is 11.7. The van der Waals surface area contributed by atoms with Crippen LogP contribution >= 0.6 is 0 Å². The minimum absolute atomic E-state index is 0.00759. The van der Waals surface area contributed by atoms with E-state index in [1.165, 1.54) is 6.92 Å². The second kappa shape index (κ2) is 4.62. The van der Waals surface area contributed by atoms with Crippen LogP contribution in [0.5, 0.6) is 0 Å². The number of Topliss-reactive ketones (excluding diaryl/α,β-unsaturated/α-hetero) is 2. The van der Waals surface area contributed by atoms with Crippen LogP contribution in [0.25, 0.3) is 0 Å². The number of ketones is 2. The van der Waals surface area contributed by atoms with Gasteiger partial charge in [-0.3, -0.25) is 9.59 Å². The molecule has 0 saturated heterocycles. The molecule has 1 aliphatic carbocycles. The summed E-state index contributed by atoms with van der Waals surface area (Å²) in [5, 5.41) is 7.48. The Morgan fingerprint density at radius 1 is 1.12 bits per heavy atom. The zero-order chi connectivity index (χ0) is 12.4. The molecule has 1 saturated carbocycles. The molecule has 17 heavy (non-hydrogen) atoms. The van der Waals surface area contributed by atoms with E-state index in [4.69, 9.17) is 5.41 Å². The fraction of sp³-hybridized carbons (Fsp3) is 0.357. The molecule has 1 aromatic carbocycles. The fourth-order valence-corrected chi connectivity index (χ4v) is 2.42. The van der Waals surface area contributed by atoms with Crippen LogP contribution in [0.4, 0.5) is 0 Å². The van der Waals surface area contributed by atoms with Crippen molar-refractivity contribution >= 4 is 17.3 Å². The van der Waals surface area contributed by atoms with Crippen LogP contribution in [-0.2, 0) is 9.59 Å². The molecule has 0 atom stereocenters. The van der Waals surface area contributed by atoms with Gasteiger partial charge < -0.3 is 5.41 Å². The number of rotatable bonds is 2. The van der Waals surface area contributed by atoms with E-state index in [0.717, 1.165) is 5.56 Å². The van der Waals surface area contributed by atoms with Gasteiger partial charge in [-0.1, -0.05) is 30.3 Å². The molecule has 1 aromatic rings. The lowest BCUT2D eigenvalue weighted by molar-refractivity contribution is -0.133. The third-order valence-electron chi connectivity index (χ3n) is 3.24. The number of hydrogen-bond acceptors (Lipinski definition) is 3. The van der Waals surface area contributed by atoms with Crippen molar-refractivity contribution in [3.8, 4) is 0 Å². The van der Waals surface area contributed by atoms with Crippen molar-refractivity contribution in [1.82, 2.24) is 0 Å². The minimum Gasteiger partial charge on any atom is -0.309 e. The Balaban J connectivity index is 2.20. The van der Waals surface area contributed by atoms with Crippen LogP contribution < -0.4 is 0 Å². The molecule has 0 amide bonds. The molecule has 1 N–H and O–H groups in total. The second-order valence-corrected chi connectivity index (χ2v) is 4.56. The summed E-state index contributed by atoms with van der Waals surface area (Å²) in [6, 6.07) is 9.64. The Bertz CT molecular complexity index is 446. The van der Waals surface area contributed by atoms with Crippen molar-refractivity contribution < 1.29 is 9.59 Å². The van der Waals surface area contributed by atoms with Gasteiger partial charge in [0.15, 0.2) is 0 Å². The molecule has 0 spiro atoms. The van der Waals surface area contributed by atoms with Gasteiger partial charge >= 0.3 is 0 Å². The molecule has 0 aromatic heterocycles. The van der Waals surface area contributed by atoms with E-state index in [2.05, 4.69) is 0 Å². The molecule has 0 bridgehead atoms. The smallest absolute Gasteiger partial charge is 0.149 e. The van der Waals surface area contributed by atoms with Gasteiger partial charge in [0.25, 0.3) is 0 Å². The maximum atomic E-state index is 11.9. The van der Waals surface area contributed by atoms with E-state index in [0.29, 0.717) is 12.8 Å². The number of carbonyl (C=O) groups is 2. The average molecular weight is 229 g/mol. The van der Waals surface area contributed by atoms with Gasteiger partial charge in [-0.05, 0) is 18.4 Å². The summed E-state index contributed by atoms with van der Waals surface area (Å²) in [5.41, 5.74) is 1.21. The highest BCUT2D eigenvalue weighted by Crippen LogP contribution is 2.31. The van der Waals surface area contributed by atoms with Gasteiger partial charge in [0.2, 0.25) is 0 Å². The highest BCUT2D eigenvalue weighted by molar-refractivity contribution is 6.21. The Morgan fingerprint density at radius 3 is 2.12 bits per heavy atom. The summed E-state index contributed by atoms with van der Waals surface area (Å²) in [6.45, 7) is 1.53. The highest BCUT2D eigenvalue weighted by atomic mass is 16.2. The molecule has 88 valence electrons. The van der Waals surface area contributed by atoms with Crippen molar-refractivity contribution in [2.24, 2.45) is 5.92 Å². The van der Waals surface area contributed by atoms with E-state index < -0.39 is 5.92 Å². The van der Waals surface area contributed by atoms with E-state index >= 15 is 0 Å². The summed E-state index contributed by atoms with van der Waals surface area (Å²) >= 11 is 0. The Labute approximate surface area is 100 Å².